The van der Waals surface area contributed by atoms with Gasteiger partial charge in [-0.2, -0.15) is 13.2 Å². The molecule has 1 fully saturated rings. The Morgan fingerprint density at radius 2 is 2.04 bits per heavy atom. The lowest BCUT2D eigenvalue weighted by atomic mass is 9.99. The molecular weight excluding hydrogens is 321 g/mol. The van der Waals surface area contributed by atoms with Gasteiger partial charge in [0, 0.05) is 26.2 Å². The van der Waals surface area contributed by atoms with Crippen molar-refractivity contribution in [3.05, 3.63) is 35.4 Å². The molecule has 2 N–H and O–H groups in total. The van der Waals surface area contributed by atoms with E-state index in [2.05, 4.69) is 5.32 Å². The highest BCUT2D eigenvalue weighted by molar-refractivity contribution is 5.74. The van der Waals surface area contributed by atoms with Crippen molar-refractivity contribution in [2.24, 2.45) is 5.92 Å². The van der Waals surface area contributed by atoms with Crippen molar-refractivity contribution in [3.63, 3.8) is 0 Å². The zero-order valence-electron chi connectivity index (χ0n) is 13.6. The maximum Gasteiger partial charge on any atom is 0.416 e. The number of aliphatic hydroxyl groups excluding tert-OH is 1. The molecule has 0 radical (unpaired) electrons. The van der Waals surface area contributed by atoms with E-state index in [9.17, 15) is 23.1 Å². The molecule has 0 spiro atoms. The molecule has 1 heterocycles. The number of rotatable bonds is 4. The van der Waals surface area contributed by atoms with Crippen molar-refractivity contribution >= 4 is 6.03 Å². The number of halogens is 3. The number of carbonyl (C=O) groups is 1. The average molecular weight is 344 g/mol. The van der Waals surface area contributed by atoms with Gasteiger partial charge in [0.2, 0.25) is 0 Å². The Balaban J connectivity index is 1.86. The fourth-order valence-electron chi connectivity index (χ4n) is 2.87. The number of hydrogen-bond acceptors (Lipinski definition) is 2. The van der Waals surface area contributed by atoms with Crippen LogP contribution >= 0.6 is 0 Å². The van der Waals surface area contributed by atoms with E-state index in [1.807, 2.05) is 6.92 Å². The number of hydrogen-bond donors (Lipinski definition) is 2. The third-order valence-corrected chi connectivity index (χ3v) is 4.43. The zero-order chi connectivity index (χ0) is 17.7. The van der Waals surface area contributed by atoms with E-state index in [0.29, 0.717) is 19.6 Å². The monoisotopic (exact) mass is 344 g/mol. The highest BCUT2D eigenvalue weighted by Crippen LogP contribution is 2.30. The molecule has 0 aliphatic carbocycles. The molecule has 4 nitrogen and oxygen atoms in total. The number of amides is 2. The summed E-state index contributed by atoms with van der Waals surface area (Å²) in [6, 6.07) is 4.82. The number of carbonyl (C=O) groups excluding carboxylic acids is 1. The Kier molecular flexibility index (Phi) is 6.10. The van der Waals surface area contributed by atoms with Gasteiger partial charge in [0.05, 0.1) is 5.56 Å². The summed E-state index contributed by atoms with van der Waals surface area (Å²) in [6.45, 7) is 3.49. The third kappa shape index (κ3) is 4.87. The van der Waals surface area contributed by atoms with Gasteiger partial charge in [0.15, 0.2) is 0 Å². The smallest absolute Gasteiger partial charge is 0.396 e. The van der Waals surface area contributed by atoms with E-state index >= 15 is 0 Å². The van der Waals surface area contributed by atoms with Crippen molar-refractivity contribution in [2.45, 2.75) is 31.9 Å². The molecule has 7 heteroatoms. The molecule has 1 aromatic rings. The van der Waals surface area contributed by atoms with Gasteiger partial charge in [-0.3, -0.25) is 0 Å². The van der Waals surface area contributed by atoms with Crippen LogP contribution in [0.15, 0.2) is 24.3 Å². The second kappa shape index (κ2) is 7.88. The quantitative estimate of drug-likeness (QED) is 0.881. The van der Waals surface area contributed by atoms with E-state index in [4.69, 9.17) is 0 Å². The Bertz CT molecular complexity index is 546. The van der Waals surface area contributed by atoms with Gasteiger partial charge in [0.1, 0.15) is 0 Å². The van der Waals surface area contributed by atoms with Crippen LogP contribution in [0.1, 0.15) is 36.8 Å². The second-order valence-electron chi connectivity index (χ2n) is 6.34. The fraction of sp³-hybridized carbons (Fsp3) is 0.588. The first-order valence-electron chi connectivity index (χ1n) is 8.12. The standard InChI is InChI=1S/C17H23F3N2O2/c1-12(14-4-6-15(7-5-14)17(18,19)20)9-21-16(24)22-8-2-3-13(10-22)11-23/h4-7,12-13,23H,2-3,8-11H2,1H3,(H,21,24)/t12-,13-/m0/s1. The summed E-state index contributed by atoms with van der Waals surface area (Å²) in [7, 11) is 0. The second-order valence-corrected chi connectivity index (χ2v) is 6.34. The van der Waals surface area contributed by atoms with Gasteiger partial charge in [-0.15, -0.1) is 0 Å². The number of benzene rings is 1. The van der Waals surface area contributed by atoms with Crippen LogP contribution < -0.4 is 5.32 Å². The van der Waals surface area contributed by atoms with E-state index in [0.717, 1.165) is 30.5 Å². The van der Waals surface area contributed by atoms with Crippen molar-refractivity contribution < 1.29 is 23.1 Å². The van der Waals surface area contributed by atoms with Gasteiger partial charge in [-0.1, -0.05) is 19.1 Å². The molecule has 1 aliphatic heterocycles. The van der Waals surface area contributed by atoms with E-state index in [1.165, 1.54) is 12.1 Å². The number of alkyl halides is 3. The van der Waals surface area contributed by atoms with Crippen LogP contribution in [0.25, 0.3) is 0 Å². The Morgan fingerprint density at radius 1 is 1.38 bits per heavy atom. The molecule has 1 aliphatic rings. The molecule has 0 bridgehead atoms. The Morgan fingerprint density at radius 3 is 2.62 bits per heavy atom. The summed E-state index contributed by atoms with van der Waals surface area (Å²) >= 11 is 0. The lowest BCUT2D eigenvalue weighted by molar-refractivity contribution is -0.137. The van der Waals surface area contributed by atoms with Crippen LogP contribution in [0.5, 0.6) is 0 Å². The minimum atomic E-state index is -4.34. The summed E-state index contributed by atoms with van der Waals surface area (Å²) in [4.78, 5) is 13.8. The predicted octanol–water partition coefficient (Wildman–Crippen LogP) is 3.22. The van der Waals surface area contributed by atoms with Crippen LogP contribution in [-0.4, -0.2) is 42.3 Å². The maximum atomic E-state index is 12.6. The van der Waals surface area contributed by atoms with Gasteiger partial charge in [0.25, 0.3) is 0 Å². The van der Waals surface area contributed by atoms with E-state index in [-0.39, 0.29) is 24.5 Å². The van der Waals surface area contributed by atoms with Crippen LogP contribution in [0, 0.1) is 5.92 Å². The first-order chi connectivity index (χ1) is 11.3. The van der Waals surface area contributed by atoms with Crippen molar-refractivity contribution in [1.82, 2.24) is 10.2 Å². The van der Waals surface area contributed by atoms with Gasteiger partial charge in [-0.25, -0.2) is 4.79 Å². The SMILES string of the molecule is C[C@@H](CNC(=O)N1CCC[C@H](CO)C1)c1ccc(C(F)(F)F)cc1. The van der Waals surface area contributed by atoms with Gasteiger partial charge < -0.3 is 15.3 Å². The summed E-state index contributed by atoms with van der Waals surface area (Å²) in [5.41, 5.74) is 0.0704. The average Bonchev–Trinajstić information content (AvgIpc) is 2.58. The first-order valence-corrected chi connectivity index (χ1v) is 8.12. The summed E-state index contributed by atoms with van der Waals surface area (Å²) in [5.74, 6) is 0.0338. The highest BCUT2D eigenvalue weighted by Gasteiger charge is 2.30. The van der Waals surface area contributed by atoms with Crippen LogP contribution in [0.3, 0.4) is 0 Å². The molecule has 134 valence electrons. The number of likely N-dealkylation sites (tertiary alicyclic amines) is 1. The largest absolute Gasteiger partial charge is 0.416 e. The minimum absolute atomic E-state index is 0.0751. The zero-order valence-corrected chi connectivity index (χ0v) is 13.6. The van der Waals surface area contributed by atoms with Gasteiger partial charge in [-0.05, 0) is 42.4 Å². The van der Waals surface area contributed by atoms with Crippen molar-refractivity contribution in [3.8, 4) is 0 Å². The van der Waals surface area contributed by atoms with E-state index in [1.54, 1.807) is 4.90 Å². The number of urea groups is 1. The molecule has 24 heavy (non-hydrogen) atoms. The molecule has 2 rings (SSSR count). The molecule has 2 amide bonds. The summed E-state index contributed by atoms with van der Waals surface area (Å²) in [6.07, 6.45) is -2.55. The lowest BCUT2D eigenvalue weighted by Gasteiger charge is -2.32. The van der Waals surface area contributed by atoms with Crippen LogP contribution in [-0.2, 0) is 6.18 Å². The Labute approximate surface area is 139 Å². The number of nitrogens with zero attached hydrogens (tertiary/aromatic N) is 1. The molecule has 2 atom stereocenters. The fourth-order valence-corrected chi connectivity index (χ4v) is 2.87. The van der Waals surface area contributed by atoms with Gasteiger partial charge >= 0.3 is 12.2 Å². The lowest BCUT2D eigenvalue weighted by Crippen LogP contribution is -2.46. The topological polar surface area (TPSA) is 52.6 Å². The molecule has 0 unspecified atom stereocenters. The molecular formula is C17H23F3N2O2. The number of piperidine rings is 1. The predicted molar refractivity (Wildman–Crippen MR) is 84.6 cm³/mol. The van der Waals surface area contributed by atoms with Crippen molar-refractivity contribution in [1.29, 1.82) is 0 Å². The summed E-state index contributed by atoms with van der Waals surface area (Å²) < 4.78 is 37.7. The third-order valence-electron chi connectivity index (χ3n) is 4.43. The minimum Gasteiger partial charge on any atom is -0.396 e. The molecule has 1 aromatic carbocycles. The molecule has 0 aromatic heterocycles. The maximum absolute atomic E-state index is 12.6. The van der Waals surface area contributed by atoms with Crippen molar-refractivity contribution in [2.75, 3.05) is 26.2 Å². The summed E-state index contributed by atoms with van der Waals surface area (Å²) in [5, 5.41) is 12.0. The molecule has 0 saturated carbocycles. The Hall–Kier alpha value is -1.76. The normalized spacial score (nSPS) is 19.9. The number of aliphatic hydroxyl groups is 1. The first kappa shape index (κ1) is 18.6. The van der Waals surface area contributed by atoms with Crippen LogP contribution in [0.4, 0.5) is 18.0 Å². The van der Waals surface area contributed by atoms with E-state index < -0.39 is 11.7 Å². The van der Waals surface area contributed by atoms with Crippen LogP contribution in [0.2, 0.25) is 0 Å². The molecule has 1 saturated heterocycles. The highest BCUT2D eigenvalue weighted by atomic mass is 19.4. The number of nitrogens with one attached hydrogen (secondary N) is 1.